The summed E-state index contributed by atoms with van der Waals surface area (Å²) in [7, 11) is 0. The third-order valence-corrected chi connectivity index (χ3v) is 11.9. The molecule has 3 nitrogen and oxygen atoms in total. The number of ether oxygens (including phenoxy) is 1. The Balaban J connectivity index is 1.12. The molecule has 0 saturated heterocycles. The van der Waals surface area contributed by atoms with E-state index in [1.807, 2.05) is 17.4 Å². The van der Waals surface area contributed by atoms with Crippen LogP contribution in [-0.4, -0.2) is 6.10 Å². The lowest BCUT2D eigenvalue weighted by molar-refractivity contribution is 0.255. The lowest BCUT2D eigenvalue weighted by Crippen LogP contribution is -2.26. The molecule has 1 aliphatic carbocycles. The normalized spacial score (nSPS) is 16.0. The van der Waals surface area contributed by atoms with Crippen LogP contribution in [0.15, 0.2) is 174 Å². The van der Waals surface area contributed by atoms with Gasteiger partial charge in [-0.05, 0) is 53.6 Å². The standard InChI is InChI=1S/C48H31NO2S/c1-3-14-30(15-4-1)33-18-7-10-22-39(33)49(40-23-13-21-36-35-19-9-12-25-44(35)52-48(36)40)32-26-27-34-38-29-43-46(37-20-8-11-24-41(37)50-43)45(31-16-5-2-6-17-31)47(38)51-42(34)28-32/h1-29,45,47H. The SMILES string of the molecule is C1=C2c3ccc(N(c4ccccc4-c4ccccc4)c4cccc5c4sc4ccccc45)cc3OC2C(c2ccccc2)c2c1oc1ccccc21. The maximum absolute atomic E-state index is 7.13. The molecule has 3 heterocycles. The molecule has 4 heteroatoms. The summed E-state index contributed by atoms with van der Waals surface area (Å²) >= 11 is 1.85. The van der Waals surface area contributed by atoms with Gasteiger partial charge in [0.05, 0.1) is 22.0 Å². The molecule has 0 amide bonds. The summed E-state index contributed by atoms with van der Waals surface area (Å²) in [5.74, 6) is 1.78. The minimum absolute atomic E-state index is 0.0158. The Morgan fingerprint density at radius 2 is 1.27 bits per heavy atom. The molecule has 2 unspecified atom stereocenters. The number of furan rings is 1. The van der Waals surface area contributed by atoms with E-state index in [2.05, 4.69) is 175 Å². The van der Waals surface area contributed by atoms with Crippen molar-refractivity contribution >= 4 is 71.2 Å². The summed E-state index contributed by atoms with van der Waals surface area (Å²) in [6.45, 7) is 0. The highest BCUT2D eigenvalue weighted by molar-refractivity contribution is 7.26. The number of para-hydroxylation sites is 2. The van der Waals surface area contributed by atoms with E-state index in [0.29, 0.717) is 0 Å². The van der Waals surface area contributed by atoms with Gasteiger partial charge in [-0.1, -0.05) is 127 Å². The molecule has 0 bridgehead atoms. The van der Waals surface area contributed by atoms with Crippen molar-refractivity contribution in [3.05, 3.63) is 192 Å². The molecule has 7 aromatic carbocycles. The van der Waals surface area contributed by atoms with E-state index in [4.69, 9.17) is 9.15 Å². The van der Waals surface area contributed by atoms with Crippen LogP contribution in [0.5, 0.6) is 5.75 Å². The Morgan fingerprint density at radius 1 is 0.558 bits per heavy atom. The second kappa shape index (κ2) is 11.6. The lowest BCUT2D eigenvalue weighted by atomic mass is 9.77. The number of hydrogen-bond acceptors (Lipinski definition) is 4. The van der Waals surface area contributed by atoms with Gasteiger partial charge in [0.25, 0.3) is 0 Å². The second-order valence-corrected chi connectivity index (χ2v) is 14.6. The van der Waals surface area contributed by atoms with E-state index in [1.165, 1.54) is 42.4 Å². The van der Waals surface area contributed by atoms with Gasteiger partial charge in [0, 0.05) is 54.9 Å². The molecule has 2 aliphatic rings. The van der Waals surface area contributed by atoms with Gasteiger partial charge in [0.1, 0.15) is 23.2 Å². The minimum Gasteiger partial charge on any atom is -0.484 e. The van der Waals surface area contributed by atoms with E-state index >= 15 is 0 Å². The molecule has 1 aliphatic heterocycles. The van der Waals surface area contributed by atoms with E-state index in [0.717, 1.165) is 50.7 Å². The van der Waals surface area contributed by atoms with Gasteiger partial charge in [0.15, 0.2) is 0 Å². The summed E-state index contributed by atoms with van der Waals surface area (Å²) in [6.07, 6.45) is 2.03. The Labute approximate surface area is 305 Å². The first-order valence-electron chi connectivity index (χ1n) is 17.7. The van der Waals surface area contributed by atoms with Crippen LogP contribution in [-0.2, 0) is 0 Å². The zero-order valence-corrected chi connectivity index (χ0v) is 28.9. The van der Waals surface area contributed by atoms with Crippen molar-refractivity contribution in [1.82, 2.24) is 0 Å². The van der Waals surface area contributed by atoms with Crippen LogP contribution in [0.2, 0.25) is 0 Å². The monoisotopic (exact) mass is 685 g/mol. The maximum Gasteiger partial charge on any atom is 0.136 e. The predicted octanol–water partition coefficient (Wildman–Crippen LogP) is 13.4. The minimum atomic E-state index is -0.183. The third-order valence-electron chi connectivity index (χ3n) is 10.7. The van der Waals surface area contributed by atoms with Crippen LogP contribution in [0.3, 0.4) is 0 Å². The summed E-state index contributed by atoms with van der Waals surface area (Å²) in [4.78, 5) is 2.42. The van der Waals surface area contributed by atoms with E-state index in [1.54, 1.807) is 0 Å². The van der Waals surface area contributed by atoms with Gasteiger partial charge in [-0.2, -0.15) is 0 Å². The van der Waals surface area contributed by atoms with Crippen molar-refractivity contribution in [3.63, 3.8) is 0 Å². The van der Waals surface area contributed by atoms with Crippen LogP contribution in [0, 0.1) is 0 Å². The van der Waals surface area contributed by atoms with E-state index < -0.39 is 0 Å². The number of benzene rings is 7. The van der Waals surface area contributed by atoms with E-state index in [9.17, 15) is 0 Å². The zero-order chi connectivity index (χ0) is 34.2. The fourth-order valence-corrected chi connectivity index (χ4v) is 9.61. The van der Waals surface area contributed by atoms with Crippen LogP contribution < -0.4 is 9.64 Å². The molecule has 0 saturated carbocycles. The van der Waals surface area contributed by atoms with Gasteiger partial charge in [0.2, 0.25) is 0 Å². The highest BCUT2D eigenvalue weighted by Gasteiger charge is 2.43. The number of fused-ring (bicyclic) bond motifs is 9. The first-order valence-corrected chi connectivity index (χ1v) is 18.6. The molecule has 11 rings (SSSR count). The summed E-state index contributed by atoms with van der Waals surface area (Å²) in [5.41, 5.74) is 11.2. The second-order valence-electron chi connectivity index (χ2n) is 13.6. The van der Waals surface area contributed by atoms with Gasteiger partial charge in [-0.25, -0.2) is 0 Å². The Hall–Kier alpha value is -6.36. The van der Waals surface area contributed by atoms with Crippen LogP contribution in [0.1, 0.15) is 28.4 Å². The maximum atomic E-state index is 7.13. The largest absolute Gasteiger partial charge is 0.484 e. The number of anilines is 3. The van der Waals surface area contributed by atoms with Crippen molar-refractivity contribution in [2.24, 2.45) is 0 Å². The fourth-order valence-electron chi connectivity index (χ4n) is 8.40. The van der Waals surface area contributed by atoms with Crippen molar-refractivity contribution in [1.29, 1.82) is 0 Å². The molecule has 2 atom stereocenters. The Bertz CT molecular complexity index is 2850. The zero-order valence-electron chi connectivity index (χ0n) is 28.1. The number of thiophene rings is 1. The summed E-state index contributed by atoms with van der Waals surface area (Å²) < 4.78 is 16.2. The Morgan fingerprint density at radius 3 is 2.15 bits per heavy atom. The average Bonchev–Trinajstić information content (AvgIpc) is 3.89. The van der Waals surface area contributed by atoms with Crippen molar-refractivity contribution in [2.45, 2.75) is 12.0 Å². The van der Waals surface area contributed by atoms with Crippen molar-refractivity contribution in [3.8, 4) is 16.9 Å². The third kappa shape index (κ3) is 4.44. The average molecular weight is 686 g/mol. The topological polar surface area (TPSA) is 25.6 Å². The van der Waals surface area contributed by atoms with Gasteiger partial charge >= 0.3 is 0 Å². The number of nitrogens with zero attached hydrogens (tertiary/aromatic N) is 1. The molecular formula is C48H31NO2S. The highest BCUT2D eigenvalue weighted by Crippen LogP contribution is 2.54. The molecule has 52 heavy (non-hydrogen) atoms. The number of hydrogen-bond donors (Lipinski definition) is 0. The molecule has 0 spiro atoms. The van der Waals surface area contributed by atoms with E-state index in [-0.39, 0.29) is 12.0 Å². The molecule has 0 radical (unpaired) electrons. The van der Waals surface area contributed by atoms with Gasteiger partial charge < -0.3 is 14.1 Å². The molecule has 2 aromatic heterocycles. The lowest BCUT2D eigenvalue weighted by Gasteiger charge is -2.29. The van der Waals surface area contributed by atoms with Gasteiger partial charge in [-0.15, -0.1) is 11.3 Å². The van der Waals surface area contributed by atoms with Crippen LogP contribution in [0.25, 0.3) is 53.9 Å². The van der Waals surface area contributed by atoms with Crippen molar-refractivity contribution in [2.75, 3.05) is 4.90 Å². The Kier molecular flexibility index (Phi) is 6.55. The smallest absolute Gasteiger partial charge is 0.136 e. The number of rotatable bonds is 5. The predicted molar refractivity (Wildman–Crippen MR) is 216 cm³/mol. The molecule has 9 aromatic rings. The first kappa shape index (κ1) is 29.4. The fraction of sp³-hybridized carbons (Fsp3) is 0.0417. The van der Waals surface area contributed by atoms with Crippen LogP contribution >= 0.6 is 11.3 Å². The summed E-state index contributed by atoms with van der Waals surface area (Å²) in [6, 6.07) is 60.6. The molecule has 246 valence electrons. The highest BCUT2D eigenvalue weighted by atomic mass is 32.1. The molecular weight excluding hydrogens is 655 g/mol. The van der Waals surface area contributed by atoms with Crippen LogP contribution in [0.4, 0.5) is 17.1 Å². The summed E-state index contributed by atoms with van der Waals surface area (Å²) in [5, 5.41) is 3.69. The van der Waals surface area contributed by atoms with Crippen molar-refractivity contribution < 1.29 is 9.15 Å². The quantitative estimate of drug-likeness (QED) is 0.180. The van der Waals surface area contributed by atoms with Gasteiger partial charge in [-0.3, -0.25) is 0 Å². The first-order chi connectivity index (χ1) is 25.8. The molecule has 0 N–H and O–H groups in total. The molecule has 0 fully saturated rings.